The molecule has 8 heteroatoms. The monoisotopic (exact) mass is 414 g/mol. The van der Waals surface area contributed by atoms with Gasteiger partial charge in [-0.05, 0) is 43.3 Å². The van der Waals surface area contributed by atoms with E-state index in [2.05, 4.69) is 44.7 Å². The molecule has 5 rings (SSSR count). The number of nitrogens with one attached hydrogen (secondary N) is 1. The Kier molecular flexibility index (Phi) is 4.61. The fourth-order valence-electron chi connectivity index (χ4n) is 3.09. The van der Waals surface area contributed by atoms with Crippen LogP contribution in [0.1, 0.15) is 5.56 Å². The number of aryl methyl sites for hydroxylation is 1. The zero-order valence-corrected chi connectivity index (χ0v) is 17.2. The zero-order chi connectivity index (χ0) is 20.5. The molecule has 0 unspecified atom stereocenters. The van der Waals surface area contributed by atoms with Crippen molar-refractivity contribution in [3.05, 3.63) is 71.6 Å². The van der Waals surface area contributed by atoms with Crippen LogP contribution in [0.4, 0.5) is 11.8 Å². The van der Waals surface area contributed by atoms with Crippen LogP contribution in [-0.4, -0.2) is 31.9 Å². The van der Waals surface area contributed by atoms with Gasteiger partial charge < -0.3 is 10.1 Å². The maximum absolute atomic E-state index is 5.23. The number of anilines is 2. The van der Waals surface area contributed by atoms with Crippen molar-refractivity contribution in [2.45, 2.75) is 6.92 Å². The van der Waals surface area contributed by atoms with Crippen molar-refractivity contribution >= 4 is 28.1 Å². The third kappa shape index (κ3) is 3.48. The summed E-state index contributed by atoms with van der Waals surface area (Å²) in [5.74, 6) is 1.89. The second-order valence-corrected chi connectivity index (χ2v) is 7.61. The SMILES string of the molecule is COc1ccc(-c2csc3nc(Nc4ccc(-c5ccc(C)cc5)nn4)nn23)cc1. The van der Waals surface area contributed by atoms with Crippen LogP contribution in [0.15, 0.2) is 66.0 Å². The quantitative estimate of drug-likeness (QED) is 0.437. The van der Waals surface area contributed by atoms with Crippen molar-refractivity contribution in [3.63, 3.8) is 0 Å². The van der Waals surface area contributed by atoms with Crippen LogP contribution in [0.2, 0.25) is 0 Å². The highest BCUT2D eigenvalue weighted by Gasteiger charge is 2.12. The maximum atomic E-state index is 5.23. The van der Waals surface area contributed by atoms with Crippen LogP contribution >= 0.6 is 11.3 Å². The summed E-state index contributed by atoms with van der Waals surface area (Å²) in [6.45, 7) is 2.06. The Morgan fingerprint density at radius 1 is 0.900 bits per heavy atom. The number of thiazole rings is 1. The first kappa shape index (κ1) is 18.3. The molecule has 0 aliphatic heterocycles. The molecular weight excluding hydrogens is 396 g/mol. The minimum absolute atomic E-state index is 0.481. The molecule has 0 bridgehead atoms. The predicted octanol–water partition coefficient (Wildman–Crippen LogP) is 4.98. The van der Waals surface area contributed by atoms with E-state index in [0.29, 0.717) is 11.8 Å². The molecule has 7 nitrogen and oxygen atoms in total. The Morgan fingerprint density at radius 3 is 2.37 bits per heavy atom. The summed E-state index contributed by atoms with van der Waals surface area (Å²) in [4.78, 5) is 5.34. The summed E-state index contributed by atoms with van der Waals surface area (Å²) in [7, 11) is 1.66. The van der Waals surface area contributed by atoms with Gasteiger partial charge in [0.05, 0.1) is 18.5 Å². The van der Waals surface area contributed by atoms with E-state index in [-0.39, 0.29) is 0 Å². The Labute approximate surface area is 177 Å². The number of fused-ring (bicyclic) bond motifs is 1. The molecule has 5 aromatic rings. The van der Waals surface area contributed by atoms with Gasteiger partial charge in [-0.2, -0.15) is 4.98 Å². The Morgan fingerprint density at radius 2 is 1.67 bits per heavy atom. The molecule has 0 saturated heterocycles. The van der Waals surface area contributed by atoms with Crippen LogP contribution in [0.25, 0.3) is 27.5 Å². The highest BCUT2D eigenvalue weighted by atomic mass is 32.1. The molecule has 0 fully saturated rings. The van der Waals surface area contributed by atoms with Crippen molar-refractivity contribution in [2.24, 2.45) is 0 Å². The first-order valence-electron chi connectivity index (χ1n) is 9.36. The Bertz CT molecular complexity index is 1290. The minimum Gasteiger partial charge on any atom is -0.497 e. The fourth-order valence-corrected chi connectivity index (χ4v) is 3.92. The van der Waals surface area contributed by atoms with Gasteiger partial charge in [0, 0.05) is 16.5 Å². The number of rotatable bonds is 5. The molecule has 30 heavy (non-hydrogen) atoms. The Hall–Kier alpha value is -3.78. The number of benzene rings is 2. The van der Waals surface area contributed by atoms with E-state index >= 15 is 0 Å². The molecule has 0 atom stereocenters. The number of aromatic nitrogens is 5. The number of hydrogen-bond donors (Lipinski definition) is 1. The number of nitrogens with zero attached hydrogens (tertiary/aromatic N) is 5. The van der Waals surface area contributed by atoms with E-state index < -0.39 is 0 Å². The standard InChI is InChI=1S/C22H18N6OS/c1-14-3-5-15(6-4-14)18-11-12-20(26-25-18)23-21-24-22-28(27-21)19(13-30-22)16-7-9-17(29-2)10-8-16/h3-13H,1-2H3,(H,23,26,27). The predicted molar refractivity (Wildman–Crippen MR) is 118 cm³/mol. The largest absolute Gasteiger partial charge is 0.497 e. The average Bonchev–Trinajstić information content (AvgIpc) is 3.35. The maximum Gasteiger partial charge on any atom is 0.249 e. The molecule has 3 aromatic heterocycles. The summed E-state index contributed by atoms with van der Waals surface area (Å²) in [6.07, 6.45) is 0. The minimum atomic E-state index is 0.481. The summed E-state index contributed by atoms with van der Waals surface area (Å²) in [6, 6.07) is 19.9. The first-order valence-corrected chi connectivity index (χ1v) is 10.2. The lowest BCUT2D eigenvalue weighted by molar-refractivity contribution is 0.415. The number of ether oxygens (including phenoxy) is 1. The van der Waals surface area contributed by atoms with Crippen LogP contribution in [0, 0.1) is 6.92 Å². The van der Waals surface area contributed by atoms with E-state index in [1.54, 1.807) is 7.11 Å². The zero-order valence-electron chi connectivity index (χ0n) is 16.4. The van der Waals surface area contributed by atoms with Gasteiger partial charge >= 0.3 is 0 Å². The van der Waals surface area contributed by atoms with E-state index in [9.17, 15) is 0 Å². The van der Waals surface area contributed by atoms with E-state index in [1.807, 2.05) is 58.4 Å². The van der Waals surface area contributed by atoms with E-state index in [1.165, 1.54) is 16.9 Å². The van der Waals surface area contributed by atoms with E-state index in [0.717, 1.165) is 33.2 Å². The molecule has 0 saturated carbocycles. The highest BCUT2D eigenvalue weighted by Crippen LogP contribution is 2.28. The van der Waals surface area contributed by atoms with Crippen molar-refractivity contribution in [1.29, 1.82) is 0 Å². The lowest BCUT2D eigenvalue weighted by atomic mass is 10.1. The van der Waals surface area contributed by atoms with Gasteiger partial charge in [-0.15, -0.1) is 26.6 Å². The van der Waals surface area contributed by atoms with Gasteiger partial charge in [-0.25, -0.2) is 4.52 Å². The van der Waals surface area contributed by atoms with Crippen molar-refractivity contribution in [1.82, 2.24) is 24.8 Å². The smallest absolute Gasteiger partial charge is 0.249 e. The number of hydrogen-bond acceptors (Lipinski definition) is 7. The Balaban J connectivity index is 1.38. The summed E-state index contributed by atoms with van der Waals surface area (Å²) in [5, 5.41) is 18.3. The van der Waals surface area contributed by atoms with Gasteiger partial charge in [0.15, 0.2) is 5.82 Å². The van der Waals surface area contributed by atoms with Crippen LogP contribution in [-0.2, 0) is 0 Å². The van der Waals surface area contributed by atoms with Gasteiger partial charge in [-0.1, -0.05) is 29.8 Å². The highest BCUT2D eigenvalue weighted by molar-refractivity contribution is 7.15. The van der Waals surface area contributed by atoms with Crippen molar-refractivity contribution in [3.8, 4) is 28.3 Å². The molecule has 0 aliphatic carbocycles. The fraction of sp³-hybridized carbons (Fsp3) is 0.0909. The van der Waals surface area contributed by atoms with Gasteiger partial charge in [-0.3, -0.25) is 0 Å². The second-order valence-electron chi connectivity index (χ2n) is 6.77. The van der Waals surface area contributed by atoms with Crippen LogP contribution < -0.4 is 10.1 Å². The topological polar surface area (TPSA) is 77.2 Å². The molecule has 148 valence electrons. The second kappa shape index (κ2) is 7.57. The summed E-state index contributed by atoms with van der Waals surface area (Å²) < 4.78 is 7.05. The molecule has 3 heterocycles. The van der Waals surface area contributed by atoms with Crippen LogP contribution in [0.5, 0.6) is 5.75 Å². The summed E-state index contributed by atoms with van der Waals surface area (Å²) >= 11 is 1.53. The molecule has 0 amide bonds. The van der Waals surface area contributed by atoms with Crippen LogP contribution in [0.3, 0.4) is 0 Å². The molecule has 2 aromatic carbocycles. The van der Waals surface area contributed by atoms with Gasteiger partial charge in [0.1, 0.15) is 5.75 Å². The molecular formula is C22H18N6OS. The first-order chi connectivity index (χ1) is 14.7. The lowest BCUT2D eigenvalue weighted by Gasteiger charge is -2.03. The lowest BCUT2D eigenvalue weighted by Crippen LogP contribution is -1.98. The average molecular weight is 414 g/mol. The third-order valence-electron chi connectivity index (χ3n) is 4.72. The molecule has 0 radical (unpaired) electrons. The molecule has 0 aliphatic rings. The number of methoxy groups -OCH3 is 1. The van der Waals surface area contributed by atoms with Gasteiger partial charge in [0.2, 0.25) is 10.9 Å². The van der Waals surface area contributed by atoms with Crippen molar-refractivity contribution in [2.75, 3.05) is 12.4 Å². The molecule has 0 spiro atoms. The third-order valence-corrected chi connectivity index (χ3v) is 5.54. The van der Waals surface area contributed by atoms with E-state index in [4.69, 9.17) is 4.74 Å². The van der Waals surface area contributed by atoms with Crippen molar-refractivity contribution < 1.29 is 4.74 Å². The molecule has 1 N–H and O–H groups in total. The van der Waals surface area contributed by atoms with Gasteiger partial charge in [0.25, 0.3) is 0 Å². The summed E-state index contributed by atoms with van der Waals surface area (Å²) in [5.41, 5.74) is 5.08. The normalized spacial score (nSPS) is 11.0.